The lowest BCUT2D eigenvalue weighted by Crippen LogP contribution is -2.29. The number of hydrogen-bond acceptors (Lipinski definition) is 10. The Morgan fingerprint density at radius 3 is 2.64 bits per heavy atom. The number of benzene rings is 1. The maximum Gasteiger partial charge on any atom is 0.233 e. The number of anilines is 4. The molecule has 0 aliphatic carbocycles. The van der Waals surface area contributed by atoms with Gasteiger partial charge in [-0.2, -0.15) is 4.98 Å². The summed E-state index contributed by atoms with van der Waals surface area (Å²) >= 11 is 6.31. The van der Waals surface area contributed by atoms with Crippen LogP contribution in [0.15, 0.2) is 36.8 Å². The van der Waals surface area contributed by atoms with Crippen molar-refractivity contribution in [3.8, 4) is 0 Å². The molecule has 1 aromatic carbocycles. The molecule has 11 nitrogen and oxygen atoms in total. The van der Waals surface area contributed by atoms with Crippen LogP contribution in [0.4, 0.5) is 23.3 Å². The number of nitrogens with one attached hydrogen (secondary N) is 2. The van der Waals surface area contributed by atoms with Gasteiger partial charge < -0.3 is 20.6 Å². The molecule has 0 radical (unpaired) electrons. The van der Waals surface area contributed by atoms with Crippen molar-refractivity contribution in [1.29, 1.82) is 0 Å². The number of halogens is 1. The fraction of sp³-hybridized carbons (Fsp3) is 0.391. The number of aliphatic hydroxyl groups excluding tert-OH is 1. The van der Waals surface area contributed by atoms with Crippen molar-refractivity contribution in [2.45, 2.75) is 19.4 Å². The third kappa shape index (κ3) is 6.38. The first-order valence-electron chi connectivity index (χ1n) is 11.5. The molecule has 1 aliphatic rings. The minimum Gasteiger partial charge on any atom is -0.395 e. The van der Waals surface area contributed by atoms with E-state index in [1.165, 1.54) is 36.8 Å². The standard InChI is InChI=1S/C23H29ClN8O3S/c1-31(36(2,34)35)22-20(25-7-8-26-22)15-27-21-19(24)14-28-23(30-21)29-18-4-3-16-5-9-32(11-12-33)10-6-17(16)13-18/h3-4,7-8,13-14,33H,5-6,9-12,15H2,1-2H3,(H2,27,28,29,30). The van der Waals surface area contributed by atoms with E-state index in [1.54, 1.807) is 0 Å². The normalized spacial score (nSPS) is 14.1. The van der Waals surface area contributed by atoms with E-state index in [9.17, 15) is 13.5 Å². The van der Waals surface area contributed by atoms with Crippen LogP contribution in [-0.4, -0.2) is 77.9 Å². The maximum atomic E-state index is 12.0. The zero-order valence-corrected chi connectivity index (χ0v) is 21.7. The largest absolute Gasteiger partial charge is 0.395 e. The molecule has 3 aromatic rings. The number of sulfonamides is 1. The highest BCUT2D eigenvalue weighted by atomic mass is 35.5. The smallest absolute Gasteiger partial charge is 0.233 e. The van der Waals surface area contributed by atoms with Gasteiger partial charge in [-0.1, -0.05) is 17.7 Å². The Hall–Kier alpha value is -3.06. The maximum absolute atomic E-state index is 12.0. The van der Waals surface area contributed by atoms with Gasteiger partial charge in [-0.15, -0.1) is 0 Å². The van der Waals surface area contributed by atoms with Gasteiger partial charge in [0.25, 0.3) is 0 Å². The van der Waals surface area contributed by atoms with Gasteiger partial charge in [0.05, 0.1) is 25.6 Å². The van der Waals surface area contributed by atoms with Gasteiger partial charge in [-0.3, -0.25) is 9.29 Å². The molecule has 0 amide bonds. The molecule has 0 atom stereocenters. The fourth-order valence-electron chi connectivity index (χ4n) is 3.97. The van der Waals surface area contributed by atoms with Gasteiger partial charge in [-0.25, -0.2) is 18.4 Å². The van der Waals surface area contributed by atoms with Gasteiger partial charge in [0, 0.05) is 44.8 Å². The summed E-state index contributed by atoms with van der Waals surface area (Å²) in [6.07, 6.45) is 7.38. The number of nitrogens with zero attached hydrogens (tertiary/aromatic N) is 6. The number of fused-ring (bicyclic) bond motifs is 1. The number of rotatable bonds is 9. The van der Waals surface area contributed by atoms with E-state index < -0.39 is 10.0 Å². The van der Waals surface area contributed by atoms with Crippen LogP contribution in [0.1, 0.15) is 16.8 Å². The van der Waals surface area contributed by atoms with Crippen LogP contribution in [-0.2, 0) is 29.4 Å². The van der Waals surface area contributed by atoms with Crippen LogP contribution in [0, 0.1) is 0 Å². The highest BCUT2D eigenvalue weighted by molar-refractivity contribution is 7.92. The fourth-order valence-corrected chi connectivity index (χ4v) is 4.59. The van der Waals surface area contributed by atoms with Gasteiger partial charge in [0.15, 0.2) is 11.6 Å². The molecule has 3 heterocycles. The van der Waals surface area contributed by atoms with E-state index in [2.05, 4.69) is 47.6 Å². The lowest BCUT2D eigenvalue weighted by molar-refractivity contribution is 0.201. The molecule has 4 rings (SSSR count). The molecule has 192 valence electrons. The number of aromatic nitrogens is 4. The average molecular weight is 533 g/mol. The summed E-state index contributed by atoms with van der Waals surface area (Å²) < 4.78 is 25.0. The Labute approximate surface area is 215 Å². The predicted molar refractivity (Wildman–Crippen MR) is 140 cm³/mol. The van der Waals surface area contributed by atoms with E-state index in [-0.39, 0.29) is 19.0 Å². The monoisotopic (exact) mass is 532 g/mol. The Morgan fingerprint density at radius 2 is 1.89 bits per heavy atom. The summed E-state index contributed by atoms with van der Waals surface area (Å²) in [6, 6.07) is 6.22. The first-order valence-corrected chi connectivity index (χ1v) is 13.7. The first kappa shape index (κ1) is 26.0. The summed E-state index contributed by atoms with van der Waals surface area (Å²) in [5.74, 6) is 0.964. The van der Waals surface area contributed by atoms with Crippen LogP contribution in [0.3, 0.4) is 0 Å². The van der Waals surface area contributed by atoms with E-state index in [4.69, 9.17) is 11.6 Å². The SMILES string of the molecule is CN(c1nccnc1CNc1nc(Nc2ccc3c(c2)CCN(CCO)CC3)ncc1Cl)S(C)(=O)=O. The van der Waals surface area contributed by atoms with Crippen LogP contribution in [0.2, 0.25) is 5.02 Å². The van der Waals surface area contributed by atoms with Gasteiger partial charge in [-0.05, 0) is 36.1 Å². The van der Waals surface area contributed by atoms with Gasteiger partial charge in [0.1, 0.15) is 10.7 Å². The average Bonchev–Trinajstić information content (AvgIpc) is 3.06. The van der Waals surface area contributed by atoms with Crippen molar-refractivity contribution in [3.63, 3.8) is 0 Å². The van der Waals surface area contributed by atoms with E-state index >= 15 is 0 Å². The molecule has 0 bridgehead atoms. The summed E-state index contributed by atoms with van der Waals surface area (Å²) in [5, 5.41) is 15.9. The molecule has 1 aliphatic heterocycles. The highest BCUT2D eigenvalue weighted by Gasteiger charge is 2.19. The molecule has 0 saturated carbocycles. The molecule has 13 heteroatoms. The molecule has 36 heavy (non-hydrogen) atoms. The zero-order chi connectivity index (χ0) is 25.7. The molecule has 2 aromatic heterocycles. The minimum atomic E-state index is -3.50. The third-order valence-electron chi connectivity index (χ3n) is 5.99. The van der Waals surface area contributed by atoms with Crippen molar-refractivity contribution in [2.75, 3.05) is 54.5 Å². The van der Waals surface area contributed by atoms with E-state index in [0.29, 0.717) is 29.0 Å². The highest BCUT2D eigenvalue weighted by Crippen LogP contribution is 2.25. The van der Waals surface area contributed by atoms with Crippen LogP contribution >= 0.6 is 11.6 Å². The lowest BCUT2D eigenvalue weighted by Gasteiger charge is -2.18. The third-order valence-corrected chi connectivity index (χ3v) is 7.43. The summed E-state index contributed by atoms with van der Waals surface area (Å²) in [5.41, 5.74) is 3.86. The predicted octanol–water partition coefficient (Wildman–Crippen LogP) is 2.06. The Bertz CT molecular complexity index is 1320. The molecule has 0 fully saturated rings. The van der Waals surface area contributed by atoms with E-state index in [0.717, 1.165) is 42.2 Å². The Kier molecular flexibility index (Phi) is 8.19. The van der Waals surface area contributed by atoms with Crippen molar-refractivity contribution < 1.29 is 13.5 Å². The molecule has 3 N–H and O–H groups in total. The van der Waals surface area contributed by atoms with Crippen LogP contribution in [0.25, 0.3) is 0 Å². The van der Waals surface area contributed by atoms with Crippen molar-refractivity contribution in [2.24, 2.45) is 0 Å². The molecule has 0 saturated heterocycles. The molecular weight excluding hydrogens is 504 g/mol. The molecule has 0 spiro atoms. The van der Waals surface area contributed by atoms with Crippen molar-refractivity contribution >= 4 is 44.9 Å². The molecular formula is C23H29ClN8O3S. The quantitative estimate of drug-likeness (QED) is 0.375. The number of hydrogen-bond donors (Lipinski definition) is 3. The summed E-state index contributed by atoms with van der Waals surface area (Å²) in [6.45, 7) is 2.85. The Balaban J connectivity index is 1.47. The second-order valence-corrected chi connectivity index (χ2v) is 10.9. The second-order valence-electron chi connectivity index (χ2n) is 8.47. The van der Waals surface area contributed by atoms with Gasteiger partial charge >= 0.3 is 0 Å². The van der Waals surface area contributed by atoms with E-state index in [1.807, 2.05) is 6.07 Å². The lowest BCUT2D eigenvalue weighted by atomic mass is 10.0. The summed E-state index contributed by atoms with van der Waals surface area (Å²) in [4.78, 5) is 19.5. The second kappa shape index (κ2) is 11.3. The molecule has 0 unspecified atom stereocenters. The van der Waals surface area contributed by atoms with Crippen LogP contribution in [0.5, 0.6) is 0 Å². The van der Waals surface area contributed by atoms with Crippen LogP contribution < -0.4 is 14.9 Å². The minimum absolute atomic E-state index is 0.155. The Morgan fingerprint density at radius 1 is 1.14 bits per heavy atom. The number of β-amino-alcohol motifs (C(OH)–C–C–N with tert-alkyl or cyclic N) is 1. The van der Waals surface area contributed by atoms with Crippen molar-refractivity contribution in [1.82, 2.24) is 24.8 Å². The zero-order valence-electron chi connectivity index (χ0n) is 20.1. The summed E-state index contributed by atoms with van der Waals surface area (Å²) in [7, 11) is -2.07. The number of aliphatic hydroxyl groups is 1. The first-order chi connectivity index (χ1) is 17.2. The van der Waals surface area contributed by atoms with Gasteiger partial charge in [0.2, 0.25) is 16.0 Å². The van der Waals surface area contributed by atoms with Crippen molar-refractivity contribution in [3.05, 3.63) is 58.6 Å². The topological polar surface area (TPSA) is 136 Å².